The van der Waals surface area contributed by atoms with Gasteiger partial charge in [-0.2, -0.15) is 0 Å². The molecule has 130 valence electrons. The zero-order valence-electron chi connectivity index (χ0n) is 13.8. The molecule has 1 heterocycles. The normalized spacial score (nSPS) is 11.5. The number of rotatable bonds is 7. The van der Waals surface area contributed by atoms with Crippen molar-refractivity contribution in [1.82, 2.24) is 15.6 Å². The van der Waals surface area contributed by atoms with Crippen molar-refractivity contribution >= 4 is 18.9 Å². The Morgan fingerprint density at radius 2 is 1.96 bits per heavy atom. The van der Waals surface area contributed by atoms with Crippen molar-refractivity contribution in [3.63, 3.8) is 0 Å². The van der Waals surface area contributed by atoms with Crippen LogP contribution in [0.2, 0.25) is 0 Å². The average molecular weight is 341 g/mol. The number of hydrogen-bond acceptors (Lipinski definition) is 5. The smallest absolute Gasteiger partial charge is 0.426 e. The molecule has 1 unspecified atom stereocenters. The van der Waals surface area contributed by atoms with Gasteiger partial charge in [0, 0.05) is 12.4 Å². The quantitative estimate of drug-likeness (QED) is 0.544. The molecule has 2 rings (SSSR count). The number of amides is 2. The fourth-order valence-electron chi connectivity index (χ4n) is 2.42. The Morgan fingerprint density at radius 1 is 1.20 bits per heavy atom. The second-order valence-electron chi connectivity index (χ2n) is 5.61. The first-order chi connectivity index (χ1) is 12.0. The predicted octanol–water partition coefficient (Wildman–Crippen LogP) is 0.379. The molecule has 1 aromatic heterocycles. The molecule has 2 aromatic rings. The van der Waals surface area contributed by atoms with Gasteiger partial charge in [-0.15, -0.1) is 0 Å². The average Bonchev–Trinajstić information content (AvgIpc) is 2.60. The first kappa shape index (κ1) is 18.6. The van der Waals surface area contributed by atoms with Crippen LogP contribution in [-0.2, 0) is 4.79 Å². The van der Waals surface area contributed by atoms with E-state index in [9.17, 15) is 9.59 Å². The van der Waals surface area contributed by atoms with Crippen molar-refractivity contribution in [3.8, 4) is 0 Å². The van der Waals surface area contributed by atoms with Crippen LogP contribution in [0.4, 0.5) is 0 Å². The van der Waals surface area contributed by atoms with Crippen LogP contribution in [0.25, 0.3) is 0 Å². The van der Waals surface area contributed by atoms with Crippen LogP contribution in [0.3, 0.4) is 0 Å². The van der Waals surface area contributed by atoms with Crippen molar-refractivity contribution in [2.75, 3.05) is 6.44 Å². The fraction of sp³-hybridized carbons (Fsp3) is 0.235. The molecule has 0 saturated carbocycles. The third kappa shape index (κ3) is 5.70. The number of aromatic nitrogens is 1. The Morgan fingerprint density at radius 3 is 2.60 bits per heavy atom. The summed E-state index contributed by atoms with van der Waals surface area (Å²) in [6.45, 7) is 1.90. The minimum Gasteiger partial charge on any atom is -0.426 e. The largest absolute Gasteiger partial charge is 0.472 e. The van der Waals surface area contributed by atoms with E-state index in [4.69, 9.17) is 10.0 Å². The van der Waals surface area contributed by atoms with E-state index in [0.717, 1.165) is 11.1 Å². The molecule has 0 saturated heterocycles. The third-order valence-electron chi connectivity index (χ3n) is 3.66. The van der Waals surface area contributed by atoms with Gasteiger partial charge in [0.2, 0.25) is 5.91 Å². The van der Waals surface area contributed by atoms with E-state index in [1.54, 1.807) is 18.3 Å². The molecule has 25 heavy (non-hydrogen) atoms. The van der Waals surface area contributed by atoms with E-state index in [2.05, 4.69) is 15.6 Å². The minimum atomic E-state index is -1.62. The molecule has 0 spiro atoms. The predicted molar refractivity (Wildman–Crippen MR) is 93.4 cm³/mol. The summed E-state index contributed by atoms with van der Waals surface area (Å²) in [7, 11) is -1.62. The van der Waals surface area contributed by atoms with Gasteiger partial charge in [0.25, 0.3) is 5.91 Å². The van der Waals surface area contributed by atoms with E-state index >= 15 is 0 Å². The highest BCUT2D eigenvalue weighted by Gasteiger charge is 2.21. The maximum atomic E-state index is 12.4. The summed E-state index contributed by atoms with van der Waals surface area (Å²) in [6.07, 6.45) is 2.73. The Labute approximate surface area is 146 Å². The Balaban J connectivity index is 2.16. The Hall–Kier alpha value is -2.71. The lowest BCUT2D eigenvalue weighted by Gasteiger charge is -2.21. The molecule has 4 N–H and O–H groups in total. The van der Waals surface area contributed by atoms with Gasteiger partial charge in [-0.1, -0.05) is 24.3 Å². The molecule has 0 bridgehead atoms. The number of nitrogens with zero attached hydrogens (tertiary/aromatic N) is 1. The number of hydrogen-bond donors (Lipinski definition) is 4. The molecule has 7 nitrogen and oxygen atoms in total. The molecular formula is C17H20BN3O4. The molecule has 8 heteroatoms. The summed E-state index contributed by atoms with van der Waals surface area (Å²) in [5, 5.41) is 23.0. The van der Waals surface area contributed by atoms with E-state index in [0.29, 0.717) is 5.56 Å². The maximum absolute atomic E-state index is 12.4. The summed E-state index contributed by atoms with van der Waals surface area (Å²) >= 11 is 0. The molecule has 2 amide bonds. The van der Waals surface area contributed by atoms with Gasteiger partial charge in [-0.3, -0.25) is 14.6 Å². The van der Waals surface area contributed by atoms with Crippen LogP contribution in [-0.4, -0.2) is 40.4 Å². The van der Waals surface area contributed by atoms with E-state index in [1.165, 1.54) is 6.20 Å². The van der Waals surface area contributed by atoms with E-state index < -0.39 is 19.1 Å². The summed E-state index contributed by atoms with van der Waals surface area (Å²) in [5.74, 6) is -0.732. The van der Waals surface area contributed by atoms with Crippen LogP contribution in [0, 0.1) is 6.92 Å². The van der Waals surface area contributed by atoms with Gasteiger partial charge in [0.15, 0.2) is 0 Å². The Kier molecular flexibility index (Phi) is 6.67. The second-order valence-corrected chi connectivity index (χ2v) is 5.61. The van der Waals surface area contributed by atoms with Crippen LogP contribution < -0.4 is 10.6 Å². The number of nitrogens with one attached hydrogen (secondary N) is 2. The third-order valence-corrected chi connectivity index (χ3v) is 3.66. The first-order valence-corrected chi connectivity index (χ1v) is 7.86. The second kappa shape index (κ2) is 8.96. The van der Waals surface area contributed by atoms with Crippen molar-refractivity contribution in [3.05, 3.63) is 65.5 Å². The van der Waals surface area contributed by atoms with Crippen molar-refractivity contribution < 1.29 is 19.6 Å². The van der Waals surface area contributed by atoms with E-state index in [-0.39, 0.29) is 18.8 Å². The van der Waals surface area contributed by atoms with Gasteiger partial charge < -0.3 is 20.7 Å². The number of benzene rings is 1. The van der Waals surface area contributed by atoms with Gasteiger partial charge in [-0.25, -0.2) is 0 Å². The molecule has 0 aliphatic heterocycles. The van der Waals surface area contributed by atoms with Gasteiger partial charge in [-0.05, 0) is 30.2 Å². The maximum Gasteiger partial charge on any atom is 0.472 e. The standard InChI is InChI=1S/C17H20BN3O4/c1-12-5-2-3-7-14(12)15(9-16(22)20-11-18(24)25)21-17(23)13-6-4-8-19-10-13/h2-8,10,15,24-25H,9,11H2,1H3,(H,20,22)(H,21,23). The number of pyridine rings is 1. The molecule has 1 atom stereocenters. The highest BCUT2D eigenvalue weighted by Crippen LogP contribution is 2.21. The first-order valence-electron chi connectivity index (χ1n) is 7.86. The minimum absolute atomic E-state index is 0.0242. The Bertz CT molecular complexity index is 725. The van der Waals surface area contributed by atoms with Crippen molar-refractivity contribution in [2.45, 2.75) is 19.4 Å². The molecule has 1 aromatic carbocycles. The lowest BCUT2D eigenvalue weighted by molar-refractivity contribution is -0.121. The SMILES string of the molecule is Cc1ccccc1C(CC(=O)NCB(O)O)NC(=O)c1cccnc1. The summed E-state index contributed by atoms with van der Waals surface area (Å²) in [4.78, 5) is 28.4. The van der Waals surface area contributed by atoms with Gasteiger partial charge in [0.05, 0.1) is 24.5 Å². The molecule has 0 aliphatic carbocycles. The molecule has 0 fully saturated rings. The highest BCUT2D eigenvalue weighted by molar-refractivity contribution is 6.41. The summed E-state index contributed by atoms with van der Waals surface area (Å²) in [6, 6.07) is 10.2. The van der Waals surface area contributed by atoms with Crippen LogP contribution in [0.5, 0.6) is 0 Å². The highest BCUT2D eigenvalue weighted by atomic mass is 16.4. The molecular weight excluding hydrogens is 321 g/mol. The fourth-order valence-corrected chi connectivity index (χ4v) is 2.42. The van der Waals surface area contributed by atoms with Crippen LogP contribution >= 0.6 is 0 Å². The van der Waals surface area contributed by atoms with Gasteiger partial charge in [0.1, 0.15) is 0 Å². The van der Waals surface area contributed by atoms with Crippen molar-refractivity contribution in [1.29, 1.82) is 0 Å². The van der Waals surface area contributed by atoms with Crippen LogP contribution in [0.1, 0.15) is 33.9 Å². The zero-order chi connectivity index (χ0) is 18.2. The van der Waals surface area contributed by atoms with E-state index in [1.807, 2.05) is 31.2 Å². The van der Waals surface area contributed by atoms with Gasteiger partial charge >= 0.3 is 7.12 Å². The molecule has 0 radical (unpaired) electrons. The van der Waals surface area contributed by atoms with Crippen LogP contribution in [0.15, 0.2) is 48.8 Å². The number of aryl methyl sites for hydroxylation is 1. The van der Waals surface area contributed by atoms with Crippen molar-refractivity contribution in [2.24, 2.45) is 0 Å². The summed E-state index contributed by atoms with van der Waals surface area (Å²) in [5.41, 5.74) is 2.15. The summed E-state index contributed by atoms with van der Waals surface area (Å²) < 4.78 is 0. The molecule has 0 aliphatic rings. The topological polar surface area (TPSA) is 112 Å². The zero-order valence-corrected chi connectivity index (χ0v) is 13.8. The lowest BCUT2D eigenvalue weighted by atomic mass is 9.92. The monoisotopic (exact) mass is 341 g/mol. The number of carbonyl (C=O) groups excluding carboxylic acids is 2. The lowest BCUT2D eigenvalue weighted by Crippen LogP contribution is -2.38. The number of carbonyl (C=O) groups is 2.